The van der Waals surface area contributed by atoms with Crippen LogP contribution < -0.4 is 14.8 Å². The highest BCUT2D eigenvalue weighted by Gasteiger charge is 2.22. The molecule has 1 aromatic carbocycles. The first-order chi connectivity index (χ1) is 12.1. The summed E-state index contributed by atoms with van der Waals surface area (Å²) in [6, 6.07) is 6.16. The van der Waals surface area contributed by atoms with Crippen molar-refractivity contribution in [2.24, 2.45) is 0 Å². The van der Waals surface area contributed by atoms with Crippen LogP contribution in [-0.4, -0.2) is 40.3 Å². The van der Waals surface area contributed by atoms with Gasteiger partial charge >= 0.3 is 0 Å². The molecule has 0 aliphatic carbocycles. The number of carbonyl (C=O) groups is 1. The Morgan fingerprint density at radius 1 is 1.08 bits per heavy atom. The van der Waals surface area contributed by atoms with Gasteiger partial charge in [0.05, 0.1) is 25.1 Å². The SMILES string of the molecule is COc1ccc2nc(O)c(NC(=O)c3ccncc3)c(O)c2c1OC. The zero-order chi connectivity index (χ0) is 18.0. The standard InChI is InChI=1S/C17H15N3O5/c1-24-11-4-3-10-12(15(11)25-2)14(21)13(17(23)19-10)20-16(22)9-5-7-18-8-6-9/h3-8H,1-2H3,(H,20,22)(H2,19,21,23). The average molecular weight is 341 g/mol. The van der Waals surface area contributed by atoms with Crippen molar-refractivity contribution < 1.29 is 24.5 Å². The highest BCUT2D eigenvalue weighted by molar-refractivity contribution is 6.08. The van der Waals surface area contributed by atoms with Gasteiger partial charge in [0.15, 0.2) is 17.2 Å². The van der Waals surface area contributed by atoms with Gasteiger partial charge in [0.2, 0.25) is 5.88 Å². The lowest BCUT2D eigenvalue weighted by atomic mass is 10.1. The highest BCUT2D eigenvalue weighted by Crippen LogP contribution is 2.45. The van der Waals surface area contributed by atoms with E-state index < -0.39 is 11.8 Å². The lowest BCUT2D eigenvalue weighted by Gasteiger charge is -2.15. The maximum absolute atomic E-state index is 12.3. The molecular formula is C17H15N3O5. The van der Waals surface area contributed by atoms with Crippen molar-refractivity contribution in [3.8, 4) is 23.1 Å². The van der Waals surface area contributed by atoms with E-state index >= 15 is 0 Å². The number of methoxy groups -OCH3 is 2. The number of nitrogens with one attached hydrogen (secondary N) is 1. The molecule has 0 aliphatic rings. The molecular weight excluding hydrogens is 326 g/mol. The Balaban J connectivity index is 2.14. The predicted octanol–water partition coefficient (Wildman–Crippen LogP) is 2.31. The van der Waals surface area contributed by atoms with E-state index in [-0.39, 0.29) is 28.1 Å². The zero-order valence-corrected chi connectivity index (χ0v) is 13.5. The second kappa shape index (κ2) is 6.52. The van der Waals surface area contributed by atoms with Gasteiger partial charge in [-0.05, 0) is 24.3 Å². The van der Waals surface area contributed by atoms with Crippen LogP contribution in [0, 0.1) is 0 Å². The number of nitrogens with zero attached hydrogens (tertiary/aromatic N) is 2. The Hall–Kier alpha value is -3.55. The molecule has 3 N–H and O–H groups in total. The first-order valence-electron chi connectivity index (χ1n) is 7.24. The van der Waals surface area contributed by atoms with Crippen LogP contribution in [-0.2, 0) is 0 Å². The second-order valence-corrected chi connectivity index (χ2v) is 5.04. The minimum Gasteiger partial charge on any atom is -0.505 e. The van der Waals surface area contributed by atoms with E-state index in [0.29, 0.717) is 11.3 Å². The van der Waals surface area contributed by atoms with E-state index in [4.69, 9.17) is 9.47 Å². The minimum atomic E-state index is -0.531. The fourth-order valence-corrected chi connectivity index (χ4v) is 2.44. The van der Waals surface area contributed by atoms with Crippen molar-refractivity contribution in [3.63, 3.8) is 0 Å². The topological polar surface area (TPSA) is 114 Å². The number of amides is 1. The molecule has 1 amide bonds. The van der Waals surface area contributed by atoms with E-state index in [1.165, 1.54) is 38.7 Å². The molecule has 0 bridgehead atoms. The molecule has 0 saturated heterocycles. The quantitative estimate of drug-likeness (QED) is 0.667. The van der Waals surface area contributed by atoms with Crippen molar-refractivity contribution in [2.45, 2.75) is 0 Å². The Morgan fingerprint density at radius 2 is 1.80 bits per heavy atom. The summed E-state index contributed by atoms with van der Waals surface area (Å²) in [5.74, 6) is -0.801. The van der Waals surface area contributed by atoms with Crippen LogP contribution in [0.3, 0.4) is 0 Å². The first kappa shape index (κ1) is 16.3. The number of rotatable bonds is 4. The lowest BCUT2D eigenvalue weighted by Crippen LogP contribution is -2.12. The summed E-state index contributed by atoms with van der Waals surface area (Å²) in [5.41, 5.74) is 0.377. The van der Waals surface area contributed by atoms with Crippen LogP contribution >= 0.6 is 0 Å². The minimum absolute atomic E-state index is 0.213. The van der Waals surface area contributed by atoms with E-state index in [2.05, 4.69) is 15.3 Å². The molecule has 128 valence electrons. The van der Waals surface area contributed by atoms with Crippen molar-refractivity contribution in [2.75, 3.05) is 19.5 Å². The molecule has 3 rings (SSSR count). The smallest absolute Gasteiger partial charge is 0.256 e. The fourth-order valence-electron chi connectivity index (χ4n) is 2.44. The molecule has 0 spiro atoms. The Morgan fingerprint density at radius 3 is 2.44 bits per heavy atom. The Kier molecular flexibility index (Phi) is 4.25. The highest BCUT2D eigenvalue weighted by atomic mass is 16.5. The van der Waals surface area contributed by atoms with Crippen molar-refractivity contribution in [3.05, 3.63) is 42.2 Å². The molecule has 0 saturated carbocycles. The fraction of sp³-hybridized carbons (Fsp3) is 0.118. The van der Waals surface area contributed by atoms with Gasteiger partial charge in [-0.1, -0.05) is 0 Å². The molecule has 8 nitrogen and oxygen atoms in total. The maximum Gasteiger partial charge on any atom is 0.256 e. The third-order valence-corrected chi connectivity index (χ3v) is 3.63. The third kappa shape index (κ3) is 2.85. The van der Waals surface area contributed by atoms with Gasteiger partial charge in [0.25, 0.3) is 5.91 Å². The number of anilines is 1. The average Bonchev–Trinajstić information content (AvgIpc) is 2.64. The summed E-state index contributed by atoms with van der Waals surface area (Å²) in [4.78, 5) is 20.1. The van der Waals surface area contributed by atoms with E-state index in [1.807, 2.05) is 0 Å². The summed E-state index contributed by atoms with van der Waals surface area (Å²) < 4.78 is 10.5. The molecule has 0 fully saturated rings. The number of aromatic hydroxyl groups is 2. The van der Waals surface area contributed by atoms with Gasteiger partial charge in [0.1, 0.15) is 5.69 Å². The third-order valence-electron chi connectivity index (χ3n) is 3.63. The van der Waals surface area contributed by atoms with Crippen LogP contribution in [0.5, 0.6) is 23.1 Å². The molecule has 2 heterocycles. The molecule has 0 unspecified atom stereocenters. The number of fused-ring (bicyclic) bond motifs is 1. The summed E-state index contributed by atoms with van der Waals surface area (Å²) in [7, 11) is 2.87. The summed E-state index contributed by atoms with van der Waals surface area (Å²) >= 11 is 0. The summed E-state index contributed by atoms with van der Waals surface area (Å²) in [5, 5.41) is 23.4. The number of aromatic nitrogens is 2. The van der Waals surface area contributed by atoms with Crippen molar-refractivity contribution in [1.29, 1.82) is 0 Å². The normalized spacial score (nSPS) is 10.5. The number of ether oxygens (including phenoxy) is 2. The van der Waals surface area contributed by atoms with Gasteiger partial charge in [-0.2, -0.15) is 0 Å². The molecule has 3 aromatic rings. The largest absolute Gasteiger partial charge is 0.505 e. The number of pyridine rings is 2. The molecule has 2 aromatic heterocycles. The Bertz CT molecular complexity index is 944. The van der Waals surface area contributed by atoms with Crippen LogP contribution in [0.2, 0.25) is 0 Å². The first-order valence-corrected chi connectivity index (χ1v) is 7.24. The van der Waals surface area contributed by atoms with E-state index in [9.17, 15) is 15.0 Å². The van der Waals surface area contributed by atoms with Crippen molar-refractivity contribution in [1.82, 2.24) is 9.97 Å². The van der Waals surface area contributed by atoms with Crippen LogP contribution in [0.4, 0.5) is 5.69 Å². The molecule has 8 heteroatoms. The van der Waals surface area contributed by atoms with Crippen LogP contribution in [0.1, 0.15) is 10.4 Å². The molecule has 25 heavy (non-hydrogen) atoms. The maximum atomic E-state index is 12.3. The number of hydrogen-bond acceptors (Lipinski definition) is 7. The predicted molar refractivity (Wildman–Crippen MR) is 90.4 cm³/mol. The second-order valence-electron chi connectivity index (χ2n) is 5.04. The van der Waals surface area contributed by atoms with Gasteiger partial charge in [-0.25, -0.2) is 4.98 Å². The molecule has 0 aliphatic heterocycles. The zero-order valence-electron chi connectivity index (χ0n) is 13.5. The van der Waals surface area contributed by atoms with Gasteiger partial charge < -0.3 is 25.0 Å². The van der Waals surface area contributed by atoms with Crippen LogP contribution in [0.15, 0.2) is 36.7 Å². The van der Waals surface area contributed by atoms with Crippen molar-refractivity contribution >= 4 is 22.5 Å². The monoisotopic (exact) mass is 341 g/mol. The van der Waals surface area contributed by atoms with Gasteiger partial charge in [-0.15, -0.1) is 0 Å². The van der Waals surface area contributed by atoms with E-state index in [0.717, 1.165) is 0 Å². The molecule has 0 atom stereocenters. The Labute approximate surface area is 142 Å². The number of hydrogen-bond donors (Lipinski definition) is 3. The van der Waals surface area contributed by atoms with E-state index in [1.54, 1.807) is 12.1 Å². The summed E-state index contributed by atoms with van der Waals surface area (Å²) in [6.07, 6.45) is 2.92. The number of carbonyl (C=O) groups excluding carboxylic acids is 1. The van der Waals surface area contributed by atoms with Crippen LogP contribution in [0.25, 0.3) is 10.9 Å². The van der Waals surface area contributed by atoms with Gasteiger partial charge in [-0.3, -0.25) is 9.78 Å². The molecule has 0 radical (unpaired) electrons. The number of benzene rings is 1. The lowest BCUT2D eigenvalue weighted by molar-refractivity contribution is 0.102. The summed E-state index contributed by atoms with van der Waals surface area (Å²) in [6.45, 7) is 0. The van der Waals surface area contributed by atoms with Gasteiger partial charge in [0, 0.05) is 18.0 Å².